The highest BCUT2D eigenvalue weighted by atomic mass is 35.5. The molecule has 2 aromatic heterocycles. The highest BCUT2D eigenvalue weighted by molar-refractivity contribution is 6.30. The van der Waals surface area contributed by atoms with Crippen LogP contribution in [0.5, 0.6) is 0 Å². The van der Waals surface area contributed by atoms with Gasteiger partial charge < -0.3 is 10.4 Å². The first kappa shape index (κ1) is 15.9. The van der Waals surface area contributed by atoms with Crippen LogP contribution < -0.4 is 5.32 Å². The Morgan fingerprint density at radius 1 is 1.17 bits per heavy atom. The van der Waals surface area contributed by atoms with Crippen LogP contribution in [-0.4, -0.2) is 26.0 Å². The Hall–Kier alpha value is -2.99. The van der Waals surface area contributed by atoms with Gasteiger partial charge in [-0.3, -0.25) is 4.98 Å². The zero-order valence-corrected chi connectivity index (χ0v) is 13.2. The molecule has 7 heteroatoms. The SMILES string of the molecule is O=C(O)c1cnc(NCc2cccnc2)nc1-c1ccc(Cl)cc1. The third kappa shape index (κ3) is 3.67. The number of rotatable bonds is 5. The van der Waals surface area contributed by atoms with Crippen molar-refractivity contribution in [3.63, 3.8) is 0 Å². The highest BCUT2D eigenvalue weighted by Crippen LogP contribution is 2.24. The van der Waals surface area contributed by atoms with E-state index in [1.165, 1.54) is 6.20 Å². The van der Waals surface area contributed by atoms with Crippen LogP contribution in [0.15, 0.2) is 55.0 Å². The lowest BCUT2D eigenvalue weighted by molar-refractivity contribution is 0.0697. The fourth-order valence-electron chi connectivity index (χ4n) is 2.14. The number of nitrogens with one attached hydrogen (secondary N) is 1. The largest absolute Gasteiger partial charge is 0.478 e. The quantitative estimate of drug-likeness (QED) is 0.739. The molecule has 0 spiro atoms. The summed E-state index contributed by atoms with van der Waals surface area (Å²) in [6.07, 6.45) is 4.73. The number of pyridine rings is 1. The summed E-state index contributed by atoms with van der Waals surface area (Å²) < 4.78 is 0. The molecule has 0 bridgehead atoms. The zero-order chi connectivity index (χ0) is 16.9. The molecule has 0 saturated carbocycles. The fourth-order valence-corrected chi connectivity index (χ4v) is 2.26. The van der Waals surface area contributed by atoms with Gasteiger partial charge in [-0.25, -0.2) is 14.8 Å². The summed E-state index contributed by atoms with van der Waals surface area (Å²) in [5.41, 5.74) is 1.99. The average molecular weight is 341 g/mol. The van der Waals surface area contributed by atoms with Crippen LogP contribution in [0.25, 0.3) is 11.3 Å². The maximum Gasteiger partial charge on any atom is 0.339 e. The van der Waals surface area contributed by atoms with Gasteiger partial charge in [0, 0.05) is 35.7 Å². The van der Waals surface area contributed by atoms with Crippen molar-refractivity contribution in [2.45, 2.75) is 6.54 Å². The van der Waals surface area contributed by atoms with E-state index < -0.39 is 5.97 Å². The molecule has 0 amide bonds. The monoisotopic (exact) mass is 340 g/mol. The molecule has 0 aliphatic rings. The average Bonchev–Trinajstić information content (AvgIpc) is 2.61. The summed E-state index contributed by atoms with van der Waals surface area (Å²) in [5.74, 6) is -0.743. The Bertz CT molecular complexity index is 854. The first-order valence-electron chi connectivity index (χ1n) is 7.12. The number of halogens is 1. The summed E-state index contributed by atoms with van der Waals surface area (Å²) in [4.78, 5) is 23.9. The van der Waals surface area contributed by atoms with Crippen molar-refractivity contribution >= 4 is 23.5 Å². The first-order valence-corrected chi connectivity index (χ1v) is 7.50. The van der Waals surface area contributed by atoms with E-state index in [0.29, 0.717) is 28.8 Å². The minimum absolute atomic E-state index is 0.0317. The van der Waals surface area contributed by atoms with Gasteiger partial charge in [0.15, 0.2) is 0 Å². The van der Waals surface area contributed by atoms with Crippen molar-refractivity contribution in [3.8, 4) is 11.3 Å². The van der Waals surface area contributed by atoms with E-state index in [2.05, 4.69) is 20.3 Å². The lowest BCUT2D eigenvalue weighted by Crippen LogP contribution is -2.08. The number of aromatic carboxylic acids is 1. The predicted molar refractivity (Wildman–Crippen MR) is 91.0 cm³/mol. The van der Waals surface area contributed by atoms with Gasteiger partial charge in [0.05, 0.1) is 5.69 Å². The number of hydrogen-bond acceptors (Lipinski definition) is 5. The molecule has 3 aromatic rings. The first-order chi connectivity index (χ1) is 11.6. The van der Waals surface area contributed by atoms with Crippen molar-refractivity contribution in [1.82, 2.24) is 15.0 Å². The molecule has 6 nitrogen and oxygen atoms in total. The van der Waals surface area contributed by atoms with Gasteiger partial charge in [-0.1, -0.05) is 29.8 Å². The van der Waals surface area contributed by atoms with Crippen LogP contribution in [0.4, 0.5) is 5.95 Å². The number of hydrogen-bond donors (Lipinski definition) is 2. The van der Waals surface area contributed by atoms with E-state index >= 15 is 0 Å². The number of benzene rings is 1. The van der Waals surface area contributed by atoms with Crippen molar-refractivity contribution in [3.05, 3.63) is 71.1 Å². The summed E-state index contributed by atoms with van der Waals surface area (Å²) in [6.45, 7) is 0.486. The fraction of sp³-hybridized carbons (Fsp3) is 0.0588. The van der Waals surface area contributed by atoms with Gasteiger partial charge >= 0.3 is 5.97 Å². The zero-order valence-electron chi connectivity index (χ0n) is 12.5. The predicted octanol–water partition coefficient (Wildman–Crippen LogP) is 3.50. The van der Waals surface area contributed by atoms with Crippen molar-refractivity contribution < 1.29 is 9.90 Å². The molecule has 2 heterocycles. The summed E-state index contributed by atoms with van der Waals surface area (Å²) in [7, 11) is 0. The third-order valence-corrected chi connectivity index (χ3v) is 3.56. The number of carboxylic acids is 1. The van der Waals surface area contributed by atoms with Crippen LogP contribution in [0.2, 0.25) is 5.02 Å². The molecule has 1 aromatic carbocycles. The molecular formula is C17H13ClN4O2. The lowest BCUT2D eigenvalue weighted by Gasteiger charge is -2.09. The van der Waals surface area contributed by atoms with Crippen LogP contribution in [-0.2, 0) is 6.54 Å². The van der Waals surface area contributed by atoms with Gasteiger partial charge in [-0.2, -0.15) is 0 Å². The Morgan fingerprint density at radius 2 is 1.96 bits per heavy atom. The summed E-state index contributed by atoms with van der Waals surface area (Å²) in [5, 5.41) is 13.0. The molecule has 0 atom stereocenters. The minimum Gasteiger partial charge on any atom is -0.478 e. The standard InChI is InChI=1S/C17H13ClN4O2/c18-13-5-3-12(4-6-13)15-14(16(23)24)10-21-17(22-15)20-9-11-2-1-7-19-8-11/h1-8,10H,9H2,(H,23,24)(H,20,21,22). The van der Waals surface area contributed by atoms with Gasteiger partial charge in [-0.15, -0.1) is 0 Å². The molecular weight excluding hydrogens is 328 g/mol. The van der Waals surface area contributed by atoms with Gasteiger partial charge in [0.2, 0.25) is 5.95 Å². The number of carbonyl (C=O) groups is 1. The molecule has 0 aliphatic heterocycles. The van der Waals surface area contributed by atoms with Crippen molar-refractivity contribution in [2.75, 3.05) is 5.32 Å². The molecule has 120 valence electrons. The minimum atomic E-state index is -1.08. The number of nitrogens with zero attached hydrogens (tertiary/aromatic N) is 3. The van der Waals surface area contributed by atoms with E-state index in [-0.39, 0.29) is 5.56 Å². The summed E-state index contributed by atoms with van der Waals surface area (Å²) >= 11 is 5.88. The van der Waals surface area contributed by atoms with E-state index in [1.54, 1.807) is 36.7 Å². The lowest BCUT2D eigenvalue weighted by atomic mass is 10.1. The number of carboxylic acid groups (broad SMARTS) is 1. The Labute approximate surface area is 143 Å². The van der Waals surface area contributed by atoms with Gasteiger partial charge in [-0.05, 0) is 23.8 Å². The van der Waals surface area contributed by atoms with Crippen LogP contribution >= 0.6 is 11.6 Å². The van der Waals surface area contributed by atoms with Gasteiger partial charge in [0.25, 0.3) is 0 Å². The third-order valence-electron chi connectivity index (χ3n) is 3.31. The van der Waals surface area contributed by atoms with Crippen LogP contribution in [0, 0.1) is 0 Å². The molecule has 0 aliphatic carbocycles. The number of anilines is 1. The molecule has 0 unspecified atom stereocenters. The maximum atomic E-state index is 11.4. The van der Waals surface area contributed by atoms with E-state index in [0.717, 1.165) is 5.56 Å². The molecule has 24 heavy (non-hydrogen) atoms. The molecule has 3 rings (SSSR count). The Morgan fingerprint density at radius 3 is 2.62 bits per heavy atom. The highest BCUT2D eigenvalue weighted by Gasteiger charge is 2.15. The molecule has 0 saturated heterocycles. The molecule has 0 radical (unpaired) electrons. The molecule has 0 fully saturated rings. The summed E-state index contributed by atoms with van der Waals surface area (Å²) in [6, 6.07) is 10.6. The smallest absolute Gasteiger partial charge is 0.339 e. The van der Waals surface area contributed by atoms with Crippen molar-refractivity contribution in [1.29, 1.82) is 0 Å². The maximum absolute atomic E-state index is 11.4. The van der Waals surface area contributed by atoms with Gasteiger partial charge in [0.1, 0.15) is 5.56 Å². The Kier molecular flexibility index (Phi) is 4.67. The molecule has 2 N–H and O–H groups in total. The van der Waals surface area contributed by atoms with Crippen molar-refractivity contribution in [2.24, 2.45) is 0 Å². The Balaban J connectivity index is 1.91. The topological polar surface area (TPSA) is 88.0 Å². The second kappa shape index (κ2) is 7.06. The second-order valence-corrected chi connectivity index (χ2v) is 5.42. The second-order valence-electron chi connectivity index (χ2n) is 4.98. The number of aromatic nitrogens is 3. The normalized spacial score (nSPS) is 10.4. The van der Waals surface area contributed by atoms with E-state index in [1.807, 2.05) is 12.1 Å². The van der Waals surface area contributed by atoms with E-state index in [9.17, 15) is 9.90 Å². The van der Waals surface area contributed by atoms with Crippen LogP contribution in [0.3, 0.4) is 0 Å². The van der Waals surface area contributed by atoms with E-state index in [4.69, 9.17) is 11.6 Å². The van der Waals surface area contributed by atoms with Crippen LogP contribution in [0.1, 0.15) is 15.9 Å².